The third-order valence-corrected chi connectivity index (χ3v) is 5.65. The fourth-order valence-corrected chi connectivity index (χ4v) is 3.91. The van der Waals surface area contributed by atoms with Crippen molar-refractivity contribution in [3.63, 3.8) is 0 Å². The molecule has 0 radical (unpaired) electrons. The fourth-order valence-electron chi connectivity index (χ4n) is 3.91. The number of hydrogen-bond acceptors (Lipinski definition) is 4. The van der Waals surface area contributed by atoms with Crippen molar-refractivity contribution in [2.24, 2.45) is 5.92 Å². The Kier molecular flexibility index (Phi) is 6.91. The average Bonchev–Trinajstić information content (AvgIpc) is 2.89. The summed E-state index contributed by atoms with van der Waals surface area (Å²) in [6.07, 6.45) is -2.48. The van der Waals surface area contributed by atoms with Gasteiger partial charge >= 0.3 is 6.18 Å². The molecule has 0 saturated carbocycles. The van der Waals surface area contributed by atoms with E-state index in [1.165, 1.54) is 6.07 Å². The molecule has 0 aromatic carbocycles. The van der Waals surface area contributed by atoms with Crippen LogP contribution in [0.25, 0.3) is 0 Å². The molecule has 3 heterocycles. The highest BCUT2D eigenvalue weighted by atomic mass is 19.4. The molecule has 0 N–H and O–H groups in total. The molecule has 1 aliphatic heterocycles. The molecule has 1 fully saturated rings. The van der Waals surface area contributed by atoms with Gasteiger partial charge in [0.1, 0.15) is 5.82 Å². The lowest BCUT2D eigenvalue weighted by atomic mass is 10.1. The second-order valence-electron chi connectivity index (χ2n) is 8.53. The van der Waals surface area contributed by atoms with Crippen LogP contribution in [0.1, 0.15) is 42.8 Å². The maximum atomic E-state index is 13.0. The minimum atomic E-state index is -4.40. The molecule has 0 bridgehead atoms. The Hall–Kier alpha value is -2.58. The summed E-state index contributed by atoms with van der Waals surface area (Å²) in [7, 11) is 0. The molecule has 31 heavy (non-hydrogen) atoms. The molecule has 3 rings (SSSR count). The second-order valence-corrected chi connectivity index (χ2v) is 8.53. The van der Waals surface area contributed by atoms with E-state index < -0.39 is 11.7 Å². The number of aromatic nitrogens is 3. The topological polar surface area (TPSA) is 54.3 Å². The van der Waals surface area contributed by atoms with E-state index in [2.05, 4.69) is 23.9 Å². The number of hydrogen-bond donors (Lipinski definition) is 0. The Balaban J connectivity index is 1.63. The Bertz CT molecular complexity index is 905. The third-order valence-electron chi connectivity index (χ3n) is 5.65. The number of carbonyl (C=O) groups excluding carboxylic acids is 1. The highest BCUT2D eigenvalue weighted by molar-refractivity contribution is 5.79. The number of rotatable bonds is 5. The van der Waals surface area contributed by atoms with Crippen LogP contribution in [0.5, 0.6) is 0 Å². The van der Waals surface area contributed by atoms with Crippen molar-refractivity contribution in [1.29, 1.82) is 0 Å². The zero-order valence-electron chi connectivity index (χ0n) is 18.5. The van der Waals surface area contributed by atoms with Crippen LogP contribution in [-0.2, 0) is 23.9 Å². The molecule has 0 aliphatic carbocycles. The first kappa shape index (κ1) is 23.1. The summed E-state index contributed by atoms with van der Waals surface area (Å²) in [6, 6.07) is 2.45. The summed E-state index contributed by atoms with van der Waals surface area (Å²) < 4.78 is 40.3. The van der Waals surface area contributed by atoms with Gasteiger partial charge in [-0.2, -0.15) is 18.3 Å². The van der Waals surface area contributed by atoms with Crippen LogP contribution in [0.3, 0.4) is 0 Å². The molecular formula is C22H30F3N5O. The van der Waals surface area contributed by atoms with Gasteiger partial charge in [-0.1, -0.05) is 13.8 Å². The van der Waals surface area contributed by atoms with Crippen LogP contribution < -0.4 is 4.90 Å². The minimum absolute atomic E-state index is 0.0533. The van der Waals surface area contributed by atoms with Crippen molar-refractivity contribution in [3.8, 4) is 0 Å². The van der Waals surface area contributed by atoms with Crippen molar-refractivity contribution < 1.29 is 18.0 Å². The Labute approximate surface area is 181 Å². The highest BCUT2D eigenvalue weighted by Gasteiger charge is 2.31. The molecular weight excluding hydrogens is 407 g/mol. The van der Waals surface area contributed by atoms with Gasteiger partial charge in [0.25, 0.3) is 0 Å². The van der Waals surface area contributed by atoms with Crippen LogP contribution >= 0.6 is 0 Å². The molecule has 1 amide bonds. The molecule has 2 aromatic rings. The number of aryl methyl sites for hydroxylation is 1. The highest BCUT2D eigenvalue weighted by Crippen LogP contribution is 2.29. The molecule has 6 nitrogen and oxygen atoms in total. The van der Waals surface area contributed by atoms with Crippen molar-refractivity contribution in [2.75, 3.05) is 31.1 Å². The normalized spacial score (nSPS) is 15.5. The summed E-state index contributed by atoms with van der Waals surface area (Å²) in [5.74, 6) is 1.03. The van der Waals surface area contributed by atoms with E-state index in [-0.39, 0.29) is 5.91 Å². The molecule has 0 atom stereocenters. The van der Waals surface area contributed by atoms with E-state index in [1.807, 2.05) is 28.3 Å². The maximum Gasteiger partial charge on any atom is 0.417 e. The third kappa shape index (κ3) is 5.57. The summed E-state index contributed by atoms with van der Waals surface area (Å²) in [5.41, 5.74) is 2.14. The Morgan fingerprint density at radius 1 is 1.13 bits per heavy atom. The van der Waals surface area contributed by atoms with E-state index in [4.69, 9.17) is 0 Å². The first-order valence-corrected chi connectivity index (χ1v) is 10.6. The maximum absolute atomic E-state index is 13.0. The van der Waals surface area contributed by atoms with Crippen LogP contribution in [0.2, 0.25) is 0 Å². The van der Waals surface area contributed by atoms with Crippen LogP contribution in [-0.4, -0.2) is 51.8 Å². The first-order valence-electron chi connectivity index (χ1n) is 10.6. The Morgan fingerprint density at radius 3 is 2.48 bits per heavy atom. The van der Waals surface area contributed by atoms with E-state index in [0.717, 1.165) is 42.2 Å². The van der Waals surface area contributed by atoms with Gasteiger partial charge in [0.15, 0.2) is 0 Å². The second kappa shape index (κ2) is 9.28. The van der Waals surface area contributed by atoms with Crippen LogP contribution in [0.4, 0.5) is 19.0 Å². The zero-order chi connectivity index (χ0) is 22.8. The quantitative estimate of drug-likeness (QED) is 0.713. The van der Waals surface area contributed by atoms with E-state index in [1.54, 1.807) is 0 Å². The van der Waals surface area contributed by atoms with E-state index in [9.17, 15) is 18.0 Å². The summed E-state index contributed by atoms with van der Waals surface area (Å²) in [6.45, 7) is 11.3. The van der Waals surface area contributed by atoms with Crippen LogP contribution in [0, 0.1) is 19.8 Å². The van der Waals surface area contributed by atoms with Crippen molar-refractivity contribution in [2.45, 2.75) is 53.3 Å². The molecule has 0 spiro atoms. The zero-order valence-corrected chi connectivity index (χ0v) is 18.5. The number of nitrogens with zero attached hydrogens (tertiary/aromatic N) is 5. The lowest BCUT2D eigenvalue weighted by Gasteiger charge is -2.23. The molecule has 170 valence electrons. The van der Waals surface area contributed by atoms with Crippen LogP contribution in [0.15, 0.2) is 18.3 Å². The molecule has 2 aromatic heterocycles. The lowest BCUT2D eigenvalue weighted by molar-refractivity contribution is -0.137. The summed E-state index contributed by atoms with van der Waals surface area (Å²) in [4.78, 5) is 20.7. The number of carbonyl (C=O) groups is 1. The van der Waals surface area contributed by atoms with Crippen molar-refractivity contribution in [3.05, 3.63) is 40.8 Å². The lowest BCUT2D eigenvalue weighted by Crippen LogP contribution is -2.36. The van der Waals surface area contributed by atoms with Gasteiger partial charge in [-0.05, 0) is 38.3 Å². The van der Waals surface area contributed by atoms with Crippen molar-refractivity contribution in [1.82, 2.24) is 19.7 Å². The standard InChI is InChI=1S/C22H30F3N5O/c1-15(2)14-30-17(4)19(16(3)27-30)12-21(31)29-9-5-8-28(10-11-29)20-7-6-18(13-26-20)22(23,24)25/h6-7,13,15H,5,8-12,14H2,1-4H3. The van der Waals surface area contributed by atoms with Gasteiger partial charge in [-0.3, -0.25) is 9.48 Å². The predicted molar refractivity (Wildman–Crippen MR) is 113 cm³/mol. The number of alkyl halides is 3. The van der Waals surface area contributed by atoms with Gasteiger partial charge < -0.3 is 9.80 Å². The predicted octanol–water partition coefficient (Wildman–Crippen LogP) is 3.85. The monoisotopic (exact) mass is 437 g/mol. The largest absolute Gasteiger partial charge is 0.417 e. The summed E-state index contributed by atoms with van der Waals surface area (Å²) in [5, 5.41) is 4.59. The first-order chi connectivity index (χ1) is 14.6. The molecule has 1 saturated heterocycles. The molecule has 0 unspecified atom stereocenters. The minimum Gasteiger partial charge on any atom is -0.355 e. The number of pyridine rings is 1. The average molecular weight is 438 g/mol. The van der Waals surface area contributed by atoms with Gasteiger partial charge in [-0.25, -0.2) is 4.98 Å². The molecule has 1 aliphatic rings. The van der Waals surface area contributed by atoms with E-state index in [0.29, 0.717) is 44.3 Å². The number of halogens is 3. The SMILES string of the molecule is Cc1nn(CC(C)C)c(C)c1CC(=O)N1CCCN(c2ccc(C(F)(F)F)cn2)CC1. The number of anilines is 1. The van der Waals surface area contributed by atoms with Gasteiger partial charge in [0.05, 0.1) is 17.7 Å². The van der Waals surface area contributed by atoms with Gasteiger partial charge in [0.2, 0.25) is 5.91 Å². The number of amides is 1. The Morgan fingerprint density at radius 2 is 1.87 bits per heavy atom. The summed E-state index contributed by atoms with van der Waals surface area (Å²) >= 11 is 0. The fraction of sp³-hybridized carbons (Fsp3) is 0.591. The smallest absolute Gasteiger partial charge is 0.355 e. The van der Waals surface area contributed by atoms with E-state index >= 15 is 0 Å². The van der Waals surface area contributed by atoms with Gasteiger partial charge in [0, 0.05) is 50.2 Å². The van der Waals surface area contributed by atoms with Crippen molar-refractivity contribution >= 4 is 11.7 Å². The van der Waals surface area contributed by atoms with Gasteiger partial charge in [-0.15, -0.1) is 0 Å². The molecule has 9 heteroatoms.